The molecule has 3 aromatic rings. The smallest absolute Gasteiger partial charge is 0.261 e. The van der Waals surface area contributed by atoms with E-state index in [1.165, 1.54) is 6.33 Å². The Kier molecular flexibility index (Phi) is 3.42. The zero-order valence-corrected chi connectivity index (χ0v) is 12.4. The Bertz CT molecular complexity index is 848. The van der Waals surface area contributed by atoms with Gasteiger partial charge >= 0.3 is 0 Å². The van der Waals surface area contributed by atoms with Gasteiger partial charge in [-0.25, -0.2) is 4.98 Å². The zero-order chi connectivity index (χ0) is 15.0. The first kappa shape index (κ1) is 13.7. The molecule has 0 radical (unpaired) electrons. The maximum Gasteiger partial charge on any atom is 0.261 e. The Balaban J connectivity index is 2.10. The quantitative estimate of drug-likeness (QED) is 0.706. The third kappa shape index (κ3) is 2.40. The van der Waals surface area contributed by atoms with E-state index in [1.807, 2.05) is 33.3 Å². The summed E-state index contributed by atoms with van der Waals surface area (Å²) in [5.74, 6) is 0.518. The second kappa shape index (κ2) is 5.25. The molecule has 7 heteroatoms. The third-order valence-electron chi connectivity index (χ3n) is 3.54. The molecule has 3 heterocycles. The normalized spacial score (nSPS) is 11.8. The van der Waals surface area contributed by atoms with Crippen LogP contribution in [-0.2, 0) is 6.54 Å². The predicted octanol–water partition coefficient (Wildman–Crippen LogP) is 0.699. The predicted molar refractivity (Wildman–Crippen MR) is 80.5 cm³/mol. The van der Waals surface area contributed by atoms with E-state index in [0.717, 1.165) is 18.5 Å². The summed E-state index contributed by atoms with van der Waals surface area (Å²) in [7, 11) is 4.05. The van der Waals surface area contributed by atoms with Crippen molar-refractivity contribution >= 4 is 16.7 Å². The first-order valence-corrected chi connectivity index (χ1v) is 6.92. The lowest BCUT2D eigenvalue weighted by atomic mass is 10.2. The fraction of sp³-hybridized carbons (Fsp3) is 0.429. The molecule has 0 unspecified atom stereocenters. The minimum atomic E-state index is -0.0198. The summed E-state index contributed by atoms with van der Waals surface area (Å²) in [6.45, 7) is 3.48. The average molecular weight is 286 g/mol. The van der Waals surface area contributed by atoms with Crippen LogP contribution < -0.4 is 5.56 Å². The molecule has 0 bridgehead atoms. The Morgan fingerprint density at radius 1 is 1.33 bits per heavy atom. The summed E-state index contributed by atoms with van der Waals surface area (Å²) in [5.41, 5.74) is 1.43. The van der Waals surface area contributed by atoms with Gasteiger partial charge in [-0.2, -0.15) is 14.6 Å². The van der Waals surface area contributed by atoms with Gasteiger partial charge in [0, 0.05) is 12.7 Å². The van der Waals surface area contributed by atoms with E-state index >= 15 is 0 Å². The van der Waals surface area contributed by atoms with Crippen molar-refractivity contribution in [1.82, 2.24) is 29.0 Å². The number of nitrogens with zero attached hydrogens (tertiary/aromatic N) is 6. The van der Waals surface area contributed by atoms with Crippen LogP contribution in [0.3, 0.4) is 0 Å². The second-order valence-corrected chi connectivity index (χ2v) is 5.40. The largest absolute Gasteiger partial charge is 0.315 e. The molecule has 0 fully saturated rings. The van der Waals surface area contributed by atoms with Crippen molar-refractivity contribution in [1.29, 1.82) is 0 Å². The van der Waals surface area contributed by atoms with Crippen LogP contribution in [0.15, 0.2) is 23.4 Å². The monoisotopic (exact) mass is 286 g/mol. The molecule has 0 N–H and O–H groups in total. The standard InChI is InChI=1S/C14H18N6O/c1-10-12-11(20-14(17-10)15-9-16-20)5-8-19(13(12)21)7-4-6-18(2)3/h5,8-9H,4,6-7H2,1-3H3. The highest BCUT2D eigenvalue weighted by Gasteiger charge is 2.12. The number of aromatic nitrogens is 5. The van der Waals surface area contributed by atoms with Gasteiger partial charge < -0.3 is 9.47 Å². The van der Waals surface area contributed by atoms with Gasteiger partial charge in [0.15, 0.2) is 0 Å². The van der Waals surface area contributed by atoms with Gasteiger partial charge in [0.2, 0.25) is 0 Å². The maximum atomic E-state index is 12.6. The Morgan fingerprint density at radius 2 is 2.14 bits per heavy atom. The summed E-state index contributed by atoms with van der Waals surface area (Å²) in [6, 6.07) is 1.91. The van der Waals surface area contributed by atoms with Crippen molar-refractivity contribution in [3.8, 4) is 0 Å². The number of pyridine rings is 1. The van der Waals surface area contributed by atoms with Gasteiger partial charge in [-0.3, -0.25) is 4.79 Å². The first-order chi connectivity index (χ1) is 10.1. The van der Waals surface area contributed by atoms with Crippen LogP contribution in [0.4, 0.5) is 0 Å². The lowest BCUT2D eigenvalue weighted by Crippen LogP contribution is -2.23. The number of hydrogen-bond donors (Lipinski definition) is 0. The van der Waals surface area contributed by atoms with Crippen molar-refractivity contribution in [2.24, 2.45) is 0 Å². The molecular weight excluding hydrogens is 268 g/mol. The van der Waals surface area contributed by atoms with Gasteiger partial charge in [0.25, 0.3) is 11.3 Å². The molecule has 0 aliphatic heterocycles. The minimum Gasteiger partial charge on any atom is -0.315 e. The summed E-state index contributed by atoms with van der Waals surface area (Å²) in [5, 5.41) is 4.74. The number of fused-ring (bicyclic) bond motifs is 3. The molecule has 0 spiro atoms. The molecule has 7 nitrogen and oxygen atoms in total. The van der Waals surface area contributed by atoms with E-state index in [2.05, 4.69) is 20.0 Å². The van der Waals surface area contributed by atoms with E-state index in [4.69, 9.17) is 0 Å². The molecule has 3 rings (SSSR count). The van der Waals surface area contributed by atoms with Crippen molar-refractivity contribution in [3.63, 3.8) is 0 Å². The molecule has 0 saturated heterocycles. The molecule has 21 heavy (non-hydrogen) atoms. The number of rotatable bonds is 4. The van der Waals surface area contributed by atoms with E-state index in [9.17, 15) is 4.79 Å². The van der Waals surface area contributed by atoms with Crippen LogP contribution in [-0.4, -0.2) is 49.7 Å². The van der Waals surface area contributed by atoms with Gasteiger partial charge in [-0.05, 0) is 40.1 Å². The maximum absolute atomic E-state index is 12.6. The Labute approximate surface area is 121 Å². The lowest BCUT2D eigenvalue weighted by molar-refractivity contribution is 0.385. The topological polar surface area (TPSA) is 68.3 Å². The van der Waals surface area contributed by atoms with Crippen molar-refractivity contribution in [2.45, 2.75) is 19.9 Å². The average Bonchev–Trinajstić information content (AvgIpc) is 2.88. The zero-order valence-electron chi connectivity index (χ0n) is 12.4. The van der Waals surface area contributed by atoms with Crippen LogP contribution in [0.1, 0.15) is 12.1 Å². The van der Waals surface area contributed by atoms with Crippen LogP contribution in [0.5, 0.6) is 0 Å². The van der Waals surface area contributed by atoms with Crippen molar-refractivity contribution in [2.75, 3.05) is 20.6 Å². The Morgan fingerprint density at radius 3 is 2.90 bits per heavy atom. The molecule has 0 aliphatic rings. The Hall–Kier alpha value is -2.28. The molecule has 0 saturated carbocycles. The lowest BCUT2D eigenvalue weighted by Gasteiger charge is -2.11. The number of hydrogen-bond acceptors (Lipinski definition) is 5. The number of aryl methyl sites for hydroxylation is 2. The molecule has 0 aromatic carbocycles. The molecular formula is C14H18N6O. The molecule has 3 aromatic heterocycles. The van der Waals surface area contributed by atoms with Gasteiger partial charge in [0.05, 0.1) is 16.6 Å². The van der Waals surface area contributed by atoms with E-state index in [1.54, 1.807) is 9.08 Å². The van der Waals surface area contributed by atoms with Crippen molar-refractivity contribution < 1.29 is 0 Å². The van der Waals surface area contributed by atoms with Crippen LogP contribution >= 0.6 is 0 Å². The van der Waals surface area contributed by atoms with Crippen LogP contribution in [0.25, 0.3) is 16.7 Å². The summed E-state index contributed by atoms with van der Waals surface area (Å²) < 4.78 is 3.34. The van der Waals surface area contributed by atoms with E-state index in [0.29, 0.717) is 23.4 Å². The van der Waals surface area contributed by atoms with Crippen molar-refractivity contribution in [3.05, 3.63) is 34.6 Å². The van der Waals surface area contributed by atoms with E-state index in [-0.39, 0.29) is 5.56 Å². The summed E-state index contributed by atoms with van der Waals surface area (Å²) in [6.07, 6.45) is 4.20. The molecule has 110 valence electrons. The highest BCUT2D eigenvalue weighted by molar-refractivity contribution is 5.81. The van der Waals surface area contributed by atoms with Crippen LogP contribution in [0.2, 0.25) is 0 Å². The van der Waals surface area contributed by atoms with E-state index < -0.39 is 0 Å². The minimum absolute atomic E-state index is 0.0198. The summed E-state index contributed by atoms with van der Waals surface area (Å²) >= 11 is 0. The van der Waals surface area contributed by atoms with Gasteiger partial charge in [-0.1, -0.05) is 0 Å². The first-order valence-electron chi connectivity index (χ1n) is 6.92. The van der Waals surface area contributed by atoms with Gasteiger partial charge in [-0.15, -0.1) is 0 Å². The molecule has 0 amide bonds. The third-order valence-corrected chi connectivity index (χ3v) is 3.54. The highest BCUT2D eigenvalue weighted by atomic mass is 16.1. The fourth-order valence-corrected chi connectivity index (χ4v) is 2.50. The van der Waals surface area contributed by atoms with Gasteiger partial charge in [0.1, 0.15) is 6.33 Å². The SMILES string of the molecule is Cc1nc2ncnn2c2ccn(CCCN(C)C)c(=O)c12. The molecule has 0 atom stereocenters. The summed E-state index contributed by atoms with van der Waals surface area (Å²) in [4.78, 5) is 23.2. The molecule has 0 aliphatic carbocycles. The fourth-order valence-electron chi connectivity index (χ4n) is 2.50. The van der Waals surface area contributed by atoms with Crippen LogP contribution in [0, 0.1) is 6.92 Å². The highest BCUT2D eigenvalue weighted by Crippen LogP contribution is 2.13. The second-order valence-electron chi connectivity index (χ2n) is 5.40.